The molecule has 0 fully saturated rings. The lowest BCUT2D eigenvalue weighted by Gasteiger charge is -2.12. The third kappa shape index (κ3) is 4.37. The number of aromatic hydroxyl groups is 1. The molecule has 0 aliphatic heterocycles. The predicted octanol–water partition coefficient (Wildman–Crippen LogP) is 2.89. The summed E-state index contributed by atoms with van der Waals surface area (Å²) in [6.45, 7) is 5.68. The molecule has 21 heavy (non-hydrogen) atoms. The van der Waals surface area contributed by atoms with Gasteiger partial charge in [0.15, 0.2) is 11.5 Å². The van der Waals surface area contributed by atoms with Crippen LogP contribution in [0.15, 0.2) is 30.5 Å². The fourth-order valence-electron chi connectivity index (χ4n) is 2.11. The van der Waals surface area contributed by atoms with Crippen molar-refractivity contribution in [3.8, 4) is 11.5 Å². The SMILES string of the molecule is COc1cc(CNCc2ccnn2C(C)C)ccc1O.Cl. The number of rotatable bonds is 6. The van der Waals surface area contributed by atoms with Crippen molar-refractivity contribution in [3.05, 3.63) is 41.7 Å². The highest BCUT2D eigenvalue weighted by molar-refractivity contribution is 5.85. The Balaban J connectivity index is 0.00000220. The predicted molar refractivity (Wildman–Crippen MR) is 85.1 cm³/mol. The van der Waals surface area contributed by atoms with E-state index in [9.17, 15) is 5.11 Å². The van der Waals surface area contributed by atoms with Crippen molar-refractivity contribution in [2.24, 2.45) is 0 Å². The van der Waals surface area contributed by atoms with Crippen LogP contribution in [0.25, 0.3) is 0 Å². The number of methoxy groups -OCH3 is 1. The lowest BCUT2D eigenvalue weighted by atomic mass is 10.2. The summed E-state index contributed by atoms with van der Waals surface area (Å²) in [4.78, 5) is 0. The molecule has 0 spiro atoms. The third-order valence-electron chi connectivity index (χ3n) is 3.12. The van der Waals surface area contributed by atoms with Gasteiger partial charge >= 0.3 is 0 Å². The molecule has 0 bridgehead atoms. The molecule has 1 aromatic heterocycles. The first-order chi connectivity index (χ1) is 9.61. The second-order valence-electron chi connectivity index (χ2n) is 4.97. The van der Waals surface area contributed by atoms with E-state index in [2.05, 4.69) is 24.3 Å². The highest BCUT2D eigenvalue weighted by Gasteiger charge is 2.06. The van der Waals surface area contributed by atoms with Crippen molar-refractivity contribution < 1.29 is 9.84 Å². The molecular weight excluding hydrogens is 290 g/mol. The number of halogens is 1. The molecule has 5 nitrogen and oxygen atoms in total. The zero-order chi connectivity index (χ0) is 14.5. The second kappa shape index (κ2) is 7.90. The summed E-state index contributed by atoms with van der Waals surface area (Å²) in [5, 5.41) is 17.2. The van der Waals surface area contributed by atoms with Gasteiger partial charge in [-0.1, -0.05) is 6.07 Å². The quantitative estimate of drug-likeness (QED) is 0.861. The summed E-state index contributed by atoms with van der Waals surface area (Å²) >= 11 is 0. The minimum atomic E-state index is 0. The van der Waals surface area contributed by atoms with Gasteiger partial charge in [-0.25, -0.2) is 0 Å². The Labute approximate surface area is 131 Å². The number of nitrogens with one attached hydrogen (secondary N) is 1. The van der Waals surface area contributed by atoms with Crippen LogP contribution in [0.2, 0.25) is 0 Å². The van der Waals surface area contributed by atoms with Gasteiger partial charge in [0.1, 0.15) is 0 Å². The molecule has 0 amide bonds. The highest BCUT2D eigenvalue weighted by atomic mass is 35.5. The Kier molecular flexibility index (Phi) is 6.52. The van der Waals surface area contributed by atoms with Crippen molar-refractivity contribution in [2.45, 2.75) is 33.0 Å². The maximum absolute atomic E-state index is 9.55. The number of phenols is 1. The number of hydrogen-bond acceptors (Lipinski definition) is 4. The van der Waals surface area contributed by atoms with Crippen molar-refractivity contribution >= 4 is 12.4 Å². The van der Waals surface area contributed by atoms with E-state index in [-0.39, 0.29) is 18.2 Å². The van der Waals surface area contributed by atoms with E-state index in [4.69, 9.17) is 4.74 Å². The molecule has 116 valence electrons. The highest BCUT2D eigenvalue weighted by Crippen LogP contribution is 2.26. The van der Waals surface area contributed by atoms with Gasteiger partial charge in [0, 0.05) is 25.3 Å². The van der Waals surface area contributed by atoms with Crippen molar-refractivity contribution in [1.29, 1.82) is 0 Å². The summed E-state index contributed by atoms with van der Waals surface area (Å²) in [7, 11) is 1.55. The molecule has 0 saturated heterocycles. The number of nitrogens with zero attached hydrogens (tertiary/aromatic N) is 2. The van der Waals surface area contributed by atoms with E-state index >= 15 is 0 Å². The van der Waals surface area contributed by atoms with E-state index in [1.54, 1.807) is 13.2 Å². The Hall–Kier alpha value is -1.72. The smallest absolute Gasteiger partial charge is 0.160 e. The normalized spacial score (nSPS) is 10.5. The number of benzene rings is 1. The van der Waals surface area contributed by atoms with E-state index in [1.165, 1.54) is 0 Å². The van der Waals surface area contributed by atoms with Crippen LogP contribution in [0, 0.1) is 0 Å². The van der Waals surface area contributed by atoms with Gasteiger partial charge < -0.3 is 15.2 Å². The fourth-order valence-corrected chi connectivity index (χ4v) is 2.11. The van der Waals surface area contributed by atoms with Gasteiger partial charge in [-0.15, -0.1) is 12.4 Å². The van der Waals surface area contributed by atoms with E-state index in [0.717, 1.165) is 17.8 Å². The Bertz CT molecular complexity index is 570. The van der Waals surface area contributed by atoms with Crippen molar-refractivity contribution in [1.82, 2.24) is 15.1 Å². The van der Waals surface area contributed by atoms with Crippen molar-refractivity contribution in [2.75, 3.05) is 7.11 Å². The van der Waals surface area contributed by atoms with Gasteiger partial charge in [-0.2, -0.15) is 5.10 Å². The van der Waals surface area contributed by atoms with Crippen LogP contribution < -0.4 is 10.1 Å². The standard InChI is InChI=1S/C15H21N3O2.ClH/c1-11(2)18-13(6-7-17-18)10-16-9-12-4-5-14(19)15(8-12)20-3;/h4-8,11,16,19H,9-10H2,1-3H3;1H. The number of hydrogen-bond donors (Lipinski definition) is 2. The van der Waals surface area contributed by atoms with Gasteiger partial charge in [0.05, 0.1) is 12.8 Å². The molecule has 1 aromatic carbocycles. The minimum absolute atomic E-state index is 0. The Morgan fingerprint density at radius 1 is 1.29 bits per heavy atom. The zero-order valence-corrected chi connectivity index (χ0v) is 13.4. The van der Waals surface area contributed by atoms with Crippen LogP contribution in [-0.2, 0) is 13.1 Å². The first kappa shape index (κ1) is 17.3. The maximum atomic E-state index is 9.55. The maximum Gasteiger partial charge on any atom is 0.160 e. The number of phenolic OH excluding ortho intramolecular Hbond substituents is 1. The largest absolute Gasteiger partial charge is 0.504 e. The van der Waals surface area contributed by atoms with E-state index in [1.807, 2.05) is 29.1 Å². The lowest BCUT2D eigenvalue weighted by molar-refractivity contribution is 0.372. The summed E-state index contributed by atoms with van der Waals surface area (Å²) in [6.07, 6.45) is 1.82. The first-order valence-corrected chi connectivity index (χ1v) is 6.70. The molecule has 0 aliphatic carbocycles. The van der Waals surface area contributed by atoms with Crippen LogP contribution in [0.5, 0.6) is 11.5 Å². The van der Waals surface area contributed by atoms with E-state index < -0.39 is 0 Å². The summed E-state index contributed by atoms with van der Waals surface area (Å²) < 4.78 is 7.10. The molecule has 0 saturated carbocycles. The molecule has 0 aliphatic rings. The first-order valence-electron chi connectivity index (χ1n) is 6.70. The third-order valence-corrected chi connectivity index (χ3v) is 3.12. The molecule has 2 rings (SSSR count). The van der Waals surface area contributed by atoms with Crippen LogP contribution in [0.1, 0.15) is 31.1 Å². The lowest BCUT2D eigenvalue weighted by Crippen LogP contribution is -2.17. The van der Waals surface area contributed by atoms with Crippen LogP contribution in [0.4, 0.5) is 0 Å². The molecule has 0 unspecified atom stereocenters. The average Bonchev–Trinajstić information content (AvgIpc) is 2.89. The molecule has 6 heteroatoms. The summed E-state index contributed by atoms with van der Waals surface area (Å²) in [6, 6.07) is 7.74. The average molecular weight is 312 g/mol. The van der Waals surface area contributed by atoms with Gasteiger partial charge in [0.2, 0.25) is 0 Å². The van der Waals surface area contributed by atoms with Crippen LogP contribution >= 0.6 is 12.4 Å². The van der Waals surface area contributed by atoms with Gasteiger partial charge in [-0.05, 0) is 37.6 Å². The van der Waals surface area contributed by atoms with Crippen LogP contribution in [-0.4, -0.2) is 22.0 Å². The molecule has 0 atom stereocenters. The second-order valence-corrected chi connectivity index (χ2v) is 4.97. The van der Waals surface area contributed by atoms with Crippen molar-refractivity contribution in [3.63, 3.8) is 0 Å². The van der Waals surface area contributed by atoms with E-state index in [0.29, 0.717) is 18.3 Å². The van der Waals surface area contributed by atoms with Gasteiger partial charge in [0.25, 0.3) is 0 Å². The molecule has 2 N–H and O–H groups in total. The Morgan fingerprint density at radius 2 is 2.05 bits per heavy atom. The monoisotopic (exact) mass is 311 g/mol. The minimum Gasteiger partial charge on any atom is -0.504 e. The number of ether oxygens (including phenoxy) is 1. The van der Waals surface area contributed by atoms with Gasteiger partial charge in [-0.3, -0.25) is 4.68 Å². The number of aromatic nitrogens is 2. The van der Waals surface area contributed by atoms with Crippen LogP contribution in [0.3, 0.4) is 0 Å². The summed E-state index contributed by atoms with van der Waals surface area (Å²) in [5.41, 5.74) is 2.22. The molecule has 2 aromatic rings. The zero-order valence-electron chi connectivity index (χ0n) is 12.5. The summed E-state index contributed by atoms with van der Waals surface area (Å²) in [5.74, 6) is 0.658. The Morgan fingerprint density at radius 3 is 2.71 bits per heavy atom. The molecule has 1 heterocycles. The fraction of sp³-hybridized carbons (Fsp3) is 0.400. The molecular formula is C15H22ClN3O2. The molecule has 0 radical (unpaired) electrons. The topological polar surface area (TPSA) is 59.3 Å².